The van der Waals surface area contributed by atoms with E-state index in [0.717, 1.165) is 55.5 Å². The molecule has 6 rings (SSSR count). The Morgan fingerprint density at radius 2 is 1.55 bits per heavy atom. The van der Waals surface area contributed by atoms with Crippen molar-refractivity contribution in [2.24, 2.45) is 0 Å². The van der Waals surface area contributed by atoms with Crippen LogP contribution >= 0.6 is 0 Å². The van der Waals surface area contributed by atoms with Gasteiger partial charge in [0, 0.05) is 27.3 Å². The van der Waals surface area contributed by atoms with Crippen molar-refractivity contribution in [1.29, 1.82) is 0 Å². The molecule has 0 saturated heterocycles. The van der Waals surface area contributed by atoms with E-state index in [1.165, 1.54) is 5.56 Å². The smallest absolute Gasteiger partial charge is 0.153 e. The van der Waals surface area contributed by atoms with Gasteiger partial charge in [-0.15, -0.1) is 0 Å². The monoisotopic (exact) mass is 403 g/mol. The second-order valence-electron chi connectivity index (χ2n) is 8.28. The predicted octanol–water partition coefficient (Wildman–Crippen LogP) is 8.18. The summed E-state index contributed by atoms with van der Waals surface area (Å²) in [6.45, 7) is 4.40. The van der Waals surface area contributed by atoms with E-state index in [9.17, 15) is 0 Å². The minimum Gasteiger partial charge on any atom is -0.455 e. The molecular formula is C28H21NO2. The third kappa shape index (κ3) is 2.93. The van der Waals surface area contributed by atoms with Gasteiger partial charge in [0.2, 0.25) is 0 Å². The first-order valence-corrected chi connectivity index (χ1v) is 10.6. The molecule has 0 radical (unpaired) electrons. The summed E-state index contributed by atoms with van der Waals surface area (Å²) < 4.78 is 12.3. The molecule has 0 saturated carbocycles. The van der Waals surface area contributed by atoms with Gasteiger partial charge in [0.15, 0.2) is 5.58 Å². The van der Waals surface area contributed by atoms with Crippen molar-refractivity contribution in [3.05, 3.63) is 90.6 Å². The van der Waals surface area contributed by atoms with Crippen LogP contribution in [0, 0.1) is 0 Å². The molecule has 3 aromatic carbocycles. The fraction of sp³-hybridized carbons (Fsp3) is 0.107. The average molecular weight is 403 g/mol. The SMILES string of the molecule is CC(C)c1ccc(-c2cc3cc(-c4cccc5c4oc4ccccc45)ncc3o2)cc1. The van der Waals surface area contributed by atoms with Crippen molar-refractivity contribution in [1.82, 2.24) is 4.98 Å². The highest BCUT2D eigenvalue weighted by Crippen LogP contribution is 2.36. The van der Waals surface area contributed by atoms with Gasteiger partial charge < -0.3 is 8.83 Å². The fourth-order valence-corrected chi connectivity index (χ4v) is 4.22. The highest BCUT2D eigenvalue weighted by molar-refractivity contribution is 6.09. The van der Waals surface area contributed by atoms with Gasteiger partial charge in [0.1, 0.15) is 16.9 Å². The van der Waals surface area contributed by atoms with Gasteiger partial charge in [-0.25, -0.2) is 0 Å². The molecule has 0 aliphatic heterocycles. The number of hydrogen-bond acceptors (Lipinski definition) is 3. The third-order valence-electron chi connectivity index (χ3n) is 5.95. The van der Waals surface area contributed by atoms with Crippen LogP contribution in [0.5, 0.6) is 0 Å². The molecule has 3 heteroatoms. The van der Waals surface area contributed by atoms with Crippen molar-refractivity contribution in [3.8, 4) is 22.6 Å². The quantitative estimate of drug-likeness (QED) is 0.299. The van der Waals surface area contributed by atoms with Crippen LogP contribution in [0.15, 0.2) is 93.9 Å². The lowest BCUT2D eigenvalue weighted by molar-refractivity contribution is 0.630. The van der Waals surface area contributed by atoms with Gasteiger partial charge in [0.05, 0.1) is 11.9 Å². The second kappa shape index (κ2) is 6.85. The van der Waals surface area contributed by atoms with Crippen LogP contribution in [0.4, 0.5) is 0 Å². The number of benzene rings is 3. The molecule has 3 aromatic heterocycles. The second-order valence-corrected chi connectivity index (χ2v) is 8.28. The lowest BCUT2D eigenvalue weighted by Crippen LogP contribution is -1.85. The number of hydrogen-bond donors (Lipinski definition) is 0. The number of para-hydroxylation sites is 2. The molecule has 0 amide bonds. The lowest BCUT2D eigenvalue weighted by Gasteiger charge is -2.05. The van der Waals surface area contributed by atoms with E-state index in [-0.39, 0.29) is 0 Å². The van der Waals surface area contributed by atoms with Crippen LogP contribution in [0.1, 0.15) is 25.3 Å². The molecular weight excluding hydrogens is 382 g/mol. The van der Waals surface area contributed by atoms with E-state index >= 15 is 0 Å². The van der Waals surface area contributed by atoms with Crippen molar-refractivity contribution >= 4 is 32.9 Å². The first-order valence-electron chi connectivity index (χ1n) is 10.6. The van der Waals surface area contributed by atoms with Crippen LogP contribution in [0.3, 0.4) is 0 Å². The van der Waals surface area contributed by atoms with Crippen LogP contribution in [0.2, 0.25) is 0 Å². The van der Waals surface area contributed by atoms with Gasteiger partial charge >= 0.3 is 0 Å². The highest BCUT2D eigenvalue weighted by Gasteiger charge is 2.14. The Morgan fingerprint density at radius 3 is 2.39 bits per heavy atom. The largest absolute Gasteiger partial charge is 0.455 e. The van der Waals surface area contributed by atoms with Gasteiger partial charge in [-0.2, -0.15) is 0 Å². The number of furan rings is 2. The van der Waals surface area contributed by atoms with E-state index in [4.69, 9.17) is 8.83 Å². The van der Waals surface area contributed by atoms with Crippen LogP contribution < -0.4 is 0 Å². The normalized spacial score (nSPS) is 11.8. The van der Waals surface area contributed by atoms with E-state index in [2.05, 4.69) is 79.5 Å². The Kier molecular flexibility index (Phi) is 3.97. The minimum atomic E-state index is 0.512. The molecule has 0 bridgehead atoms. The van der Waals surface area contributed by atoms with Crippen molar-refractivity contribution in [3.63, 3.8) is 0 Å². The summed E-state index contributed by atoms with van der Waals surface area (Å²) in [5, 5.41) is 3.25. The summed E-state index contributed by atoms with van der Waals surface area (Å²) in [6, 6.07) is 27.1. The molecule has 0 spiro atoms. The van der Waals surface area contributed by atoms with Gasteiger partial charge in [-0.1, -0.05) is 68.4 Å². The molecule has 0 unspecified atom stereocenters. The summed E-state index contributed by atoms with van der Waals surface area (Å²) in [6.07, 6.45) is 1.80. The predicted molar refractivity (Wildman–Crippen MR) is 126 cm³/mol. The van der Waals surface area contributed by atoms with E-state index in [1.807, 2.05) is 18.2 Å². The van der Waals surface area contributed by atoms with Crippen LogP contribution in [0.25, 0.3) is 55.5 Å². The first-order chi connectivity index (χ1) is 15.2. The zero-order valence-electron chi connectivity index (χ0n) is 17.4. The van der Waals surface area contributed by atoms with Crippen molar-refractivity contribution in [2.45, 2.75) is 19.8 Å². The number of nitrogens with zero attached hydrogens (tertiary/aromatic N) is 1. The average Bonchev–Trinajstić information content (AvgIpc) is 3.40. The maximum Gasteiger partial charge on any atom is 0.153 e. The summed E-state index contributed by atoms with van der Waals surface area (Å²) >= 11 is 0. The minimum absolute atomic E-state index is 0.512. The number of rotatable bonds is 3. The molecule has 31 heavy (non-hydrogen) atoms. The Balaban J connectivity index is 1.46. The molecule has 0 aliphatic rings. The number of aromatic nitrogens is 1. The van der Waals surface area contributed by atoms with Crippen molar-refractivity contribution in [2.75, 3.05) is 0 Å². The Labute approximate surface area is 179 Å². The molecule has 3 heterocycles. The maximum atomic E-state index is 6.19. The fourth-order valence-electron chi connectivity index (χ4n) is 4.22. The molecule has 0 aliphatic carbocycles. The Morgan fingerprint density at radius 1 is 0.742 bits per heavy atom. The molecule has 0 fully saturated rings. The standard InChI is InChI=1S/C28H21NO2/c1-17(2)18-10-12-19(13-11-18)26-15-20-14-24(29-16-27(20)30-26)23-8-5-7-22-21-6-3-4-9-25(21)31-28(22)23/h3-17H,1-2H3. The van der Waals surface area contributed by atoms with E-state index in [1.54, 1.807) is 6.20 Å². The molecule has 6 aromatic rings. The molecule has 0 N–H and O–H groups in total. The zero-order valence-corrected chi connectivity index (χ0v) is 17.4. The van der Waals surface area contributed by atoms with Gasteiger partial charge in [0.25, 0.3) is 0 Å². The summed E-state index contributed by atoms with van der Waals surface area (Å²) in [7, 11) is 0. The highest BCUT2D eigenvalue weighted by atomic mass is 16.3. The number of fused-ring (bicyclic) bond motifs is 4. The summed E-state index contributed by atoms with van der Waals surface area (Å²) in [4.78, 5) is 4.69. The zero-order chi connectivity index (χ0) is 20.9. The Bertz CT molecular complexity index is 1550. The van der Waals surface area contributed by atoms with Crippen LogP contribution in [-0.2, 0) is 0 Å². The summed E-state index contributed by atoms with van der Waals surface area (Å²) in [5.41, 5.74) is 6.79. The maximum absolute atomic E-state index is 6.19. The van der Waals surface area contributed by atoms with Gasteiger partial charge in [-0.3, -0.25) is 4.98 Å². The molecule has 150 valence electrons. The van der Waals surface area contributed by atoms with E-state index in [0.29, 0.717) is 5.92 Å². The molecule has 0 atom stereocenters. The van der Waals surface area contributed by atoms with Crippen molar-refractivity contribution < 1.29 is 8.83 Å². The molecule has 3 nitrogen and oxygen atoms in total. The van der Waals surface area contributed by atoms with E-state index < -0.39 is 0 Å². The first kappa shape index (κ1) is 18.0. The lowest BCUT2D eigenvalue weighted by atomic mass is 10.0. The van der Waals surface area contributed by atoms with Crippen LogP contribution in [-0.4, -0.2) is 4.98 Å². The van der Waals surface area contributed by atoms with Gasteiger partial charge in [-0.05, 0) is 35.7 Å². The topological polar surface area (TPSA) is 39.2 Å². The third-order valence-corrected chi connectivity index (χ3v) is 5.95. The summed E-state index contributed by atoms with van der Waals surface area (Å²) in [5.74, 6) is 1.36. The number of pyridine rings is 1. The Hall–Kier alpha value is -3.85.